The van der Waals surface area contributed by atoms with E-state index in [2.05, 4.69) is 24.9 Å². The summed E-state index contributed by atoms with van der Waals surface area (Å²) in [6.45, 7) is 2.31. The first-order chi connectivity index (χ1) is 5.36. The number of thioether (sulfide) groups is 1. The lowest BCUT2D eigenvalue weighted by atomic mass is 9.86. The second kappa shape index (κ2) is 5.08. The third kappa shape index (κ3) is 3.06. The second-order valence-electron chi connectivity index (χ2n) is 3.67. The first-order valence-corrected chi connectivity index (χ1v) is 6.18. The summed E-state index contributed by atoms with van der Waals surface area (Å²) in [4.78, 5) is 0. The van der Waals surface area contributed by atoms with Gasteiger partial charge in [0.2, 0.25) is 0 Å². The molecule has 1 heteroatoms. The van der Waals surface area contributed by atoms with Gasteiger partial charge >= 0.3 is 0 Å². The van der Waals surface area contributed by atoms with Crippen molar-refractivity contribution in [3.8, 4) is 0 Å². The molecule has 1 saturated carbocycles. The maximum absolute atomic E-state index is 2.31. The topological polar surface area (TPSA) is 0 Å². The lowest BCUT2D eigenvalue weighted by molar-refractivity contribution is 0.343. The highest BCUT2D eigenvalue weighted by Gasteiger charge is 2.19. The molecule has 0 aromatic rings. The highest BCUT2D eigenvalue weighted by atomic mass is 32.2. The average molecular weight is 172 g/mol. The second-order valence-corrected chi connectivity index (χ2v) is 4.81. The molecule has 0 nitrogen and oxygen atoms in total. The molecule has 0 aromatic carbocycles. The summed E-state index contributed by atoms with van der Waals surface area (Å²) in [6.07, 6.45) is 11.1. The first kappa shape index (κ1) is 9.44. The molecule has 1 aliphatic rings. The van der Waals surface area contributed by atoms with Gasteiger partial charge in [-0.2, -0.15) is 11.8 Å². The third-order valence-corrected chi connectivity index (χ3v) is 3.96. The van der Waals surface area contributed by atoms with E-state index in [9.17, 15) is 0 Å². The summed E-state index contributed by atoms with van der Waals surface area (Å²) in [5, 5.41) is 0.989. The van der Waals surface area contributed by atoms with E-state index in [1.54, 1.807) is 0 Å². The lowest BCUT2D eigenvalue weighted by Crippen LogP contribution is -2.15. The minimum atomic E-state index is 0.989. The van der Waals surface area contributed by atoms with E-state index in [0.717, 1.165) is 11.2 Å². The molecule has 0 spiro atoms. The van der Waals surface area contributed by atoms with E-state index < -0.39 is 0 Å². The van der Waals surface area contributed by atoms with Crippen molar-refractivity contribution < 1.29 is 0 Å². The number of rotatable bonds is 3. The first-order valence-electron chi connectivity index (χ1n) is 4.89. The Morgan fingerprint density at radius 2 is 1.82 bits per heavy atom. The quantitative estimate of drug-likeness (QED) is 0.625. The van der Waals surface area contributed by atoms with Crippen LogP contribution in [-0.4, -0.2) is 11.5 Å². The van der Waals surface area contributed by atoms with E-state index in [1.165, 1.54) is 38.5 Å². The smallest absolute Gasteiger partial charge is 0.00444 e. The van der Waals surface area contributed by atoms with Crippen molar-refractivity contribution in [1.82, 2.24) is 0 Å². The minimum absolute atomic E-state index is 0.989. The van der Waals surface area contributed by atoms with E-state index in [-0.39, 0.29) is 0 Å². The Balaban J connectivity index is 2.14. The maximum Gasteiger partial charge on any atom is 0.00444 e. The summed E-state index contributed by atoms with van der Waals surface area (Å²) in [5.41, 5.74) is 0. The molecule has 0 aromatic heterocycles. The molecule has 0 atom stereocenters. The van der Waals surface area contributed by atoms with Crippen molar-refractivity contribution in [3.05, 3.63) is 0 Å². The Morgan fingerprint density at radius 1 is 1.18 bits per heavy atom. The molecule has 0 unspecified atom stereocenters. The van der Waals surface area contributed by atoms with Crippen LogP contribution in [0.25, 0.3) is 0 Å². The predicted molar refractivity (Wildman–Crippen MR) is 54.2 cm³/mol. The van der Waals surface area contributed by atoms with Gasteiger partial charge < -0.3 is 0 Å². The molecule has 66 valence electrons. The molecular formula is C10H20S. The zero-order valence-corrected chi connectivity index (χ0v) is 8.62. The Kier molecular flexibility index (Phi) is 4.36. The fraction of sp³-hybridized carbons (Fsp3) is 1.00. The lowest BCUT2D eigenvalue weighted by Gasteiger charge is -2.26. The van der Waals surface area contributed by atoms with Crippen molar-refractivity contribution in [1.29, 1.82) is 0 Å². The standard InChI is InChI=1S/C10H20S/c1-3-4-9-5-7-10(11-2)8-6-9/h9-10H,3-8H2,1-2H3. The van der Waals surface area contributed by atoms with E-state index >= 15 is 0 Å². The van der Waals surface area contributed by atoms with Crippen molar-refractivity contribution in [3.63, 3.8) is 0 Å². The van der Waals surface area contributed by atoms with Crippen LogP contribution in [0.5, 0.6) is 0 Å². The highest BCUT2D eigenvalue weighted by molar-refractivity contribution is 7.99. The van der Waals surface area contributed by atoms with Crippen LogP contribution in [0.3, 0.4) is 0 Å². The Morgan fingerprint density at radius 3 is 2.27 bits per heavy atom. The molecule has 0 bridgehead atoms. The average Bonchev–Trinajstić information content (AvgIpc) is 2.07. The van der Waals surface area contributed by atoms with Crippen LogP contribution in [0.2, 0.25) is 0 Å². The Hall–Kier alpha value is 0.350. The van der Waals surface area contributed by atoms with Gasteiger partial charge in [0.05, 0.1) is 0 Å². The van der Waals surface area contributed by atoms with Crippen molar-refractivity contribution >= 4 is 11.8 Å². The van der Waals surface area contributed by atoms with Crippen LogP contribution < -0.4 is 0 Å². The van der Waals surface area contributed by atoms with Crippen LogP contribution in [0, 0.1) is 5.92 Å². The number of hydrogen-bond acceptors (Lipinski definition) is 1. The molecule has 0 heterocycles. The van der Waals surface area contributed by atoms with Crippen LogP contribution in [0.1, 0.15) is 45.4 Å². The summed E-state index contributed by atoms with van der Waals surface area (Å²) in [5.74, 6) is 1.07. The molecule has 1 aliphatic carbocycles. The molecule has 1 rings (SSSR count). The molecule has 0 N–H and O–H groups in total. The number of hydrogen-bond donors (Lipinski definition) is 0. The maximum atomic E-state index is 2.31. The molecule has 11 heavy (non-hydrogen) atoms. The zero-order chi connectivity index (χ0) is 8.10. The van der Waals surface area contributed by atoms with Gasteiger partial charge in [0.25, 0.3) is 0 Å². The van der Waals surface area contributed by atoms with E-state index in [4.69, 9.17) is 0 Å². The summed E-state index contributed by atoms with van der Waals surface area (Å²) in [6, 6.07) is 0. The largest absolute Gasteiger partial charge is 0.162 e. The van der Waals surface area contributed by atoms with E-state index in [1.807, 2.05) is 0 Å². The molecule has 0 saturated heterocycles. The van der Waals surface area contributed by atoms with Crippen LogP contribution in [0.15, 0.2) is 0 Å². The third-order valence-electron chi connectivity index (χ3n) is 2.82. The zero-order valence-electron chi connectivity index (χ0n) is 7.81. The summed E-state index contributed by atoms with van der Waals surface area (Å²) >= 11 is 2.07. The summed E-state index contributed by atoms with van der Waals surface area (Å²) < 4.78 is 0. The van der Waals surface area contributed by atoms with Crippen molar-refractivity contribution in [2.24, 2.45) is 5.92 Å². The van der Waals surface area contributed by atoms with Crippen molar-refractivity contribution in [2.45, 2.75) is 50.7 Å². The summed E-state index contributed by atoms with van der Waals surface area (Å²) in [7, 11) is 0. The minimum Gasteiger partial charge on any atom is -0.162 e. The van der Waals surface area contributed by atoms with Crippen molar-refractivity contribution in [2.75, 3.05) is 6.26 Å². The highest BCUT2D eigenvalue weighted by Crippen LogP contribution is 2.32. The van der Waals surface area contributed by atoms with E-state index in [0.29, 0.717) is 0 Å². The van der Waals surface area contributed by atoms with Gasteiger partial charge in [-0.1, -0.05) is 19.8 Å². The molecule has 0 radical (unpaired) electrons. The van der Waals surface area contributed by atoms with Crippen LogP contribution in [-0.2, 0) is 0 Å². The Labute approximate surface area is 75.1 Å². The van der Waals surface area contributed by atoms with Gasteiger partial charge in [0.1, 0.15) is 0 Å². The molecule has 1 fully saturated rings. The SMILES string of the molecule is CCCC1CCC(SC)CC1. The Bertz CT molecular complexity index is 93.0. The van der Waals surface area contributed by atoms with Crippen LogP contribution in [0.4, 0.5) is 0 Å². The van der Waals surface area contributed by atoms with Gasteiger partial charge in [-0.25, -0.2) is 0 Å². The fourth-order valence-electron chi connectivity index (χ4n) is 2.06. The van der Waals surface area contributed by atoms with Gasteiger partial charge in [-0.05, 0) is 37.9 Å². The van der Waals surface area contributed by atoms with Gasteiger partial charge in [-0.3, -0.25) is 0 Å². The molecule has 0 aliphatic heterocycles. The fourth-order valence-corrected chi connectivity index (χ4v) is 2.81. The normalized spacial score (nSPS) is 32.2. The van der Waals surface area contributed by atoms with Gasteiger partial charge in [0, 0.05) is 5.25 Å². The van der Waals surface area contributed by atoms with Crippen LogP contribution >= 0.6 is 11.8 Å². The molecule has 0 amide bonds. The van der Waals surface area contributed by atoms with Gasteiger partial charge in [-0.15, -0.1) is 0 Å². The predicted octanol–water partition coefficient (Wildman–Crippen LogP) is 3.71. The molecular weight excluding hydrogens is 152 g/mol. The van der Waals surface area contributed by atoms with Gasteiger partial charge in [0.15, 0.2) is 0 Å². The monoisotopic (exact) mass is 172 g/mol.